The molecule has 0 heterocycles. The number of rotatable bonds is 5. The van der Waals surface area contributed by atoms with E-state index in [1.54, 1.807) is 18.2 Å². The number of nitrogens with one attached hydrogen (secondary N) is 1. The average Bonchev–Trinajstić information content (AvgIpc) is 2.50. The molecule has 0 saturated heterocycles. The van der Waals surface area contributed by atoms with E-state index in [1.807, 2.05) is 53.8 Å². The summed E-state index contributed by atoms with van der Waals surface area (Å²) < 4.78 is 6.13. The monoisotopic (exact) mass is 410 g/mol. The van der Waals surface area contributed by atoms with E-state index in [-0.39, 0.29) is 18.3 Å². The largest absolute Gasteiger partial charge is 0.507 e. The molecule has 2 aromatic rings. The second kappa shape index (κ2) is 7.79. The van der Waals surface area contributed by atoms with Crippen LogP contribution in [0.4, 0.5) is 0 Å². The fraction of sp³-hybridized carbons (Fsp3) is 0.125. The van der Waals surface area contributed by atoms with Crippen LogP contribution in [0.2, 0.25) is 0 Å². The summed E-state index contributed by atoms with van der Waals surface area (Å²) in [6.45, 7) is 1.81. The lowest BCUT2D eigenvalue weighted by Crippen LogP contribution is -2.24. The van der Waals surface area contributed by atoms with Gasteiger partial charge in [-0.15, -0.1) is 0 Å². The van der Waals surface area contributed by atoms with Crippen molar-refractivity contribution >= 4 is 34.7 Å². The highest BCUT2D eigenvalue weighted by atomic mass is 127. The molecular formula is C16H15IN2O3. The maximum atomic E-state index is 11.6. The van der Waals surface area contributed by atoms with Crippen molar-refractivity contribution in [3.63, 3.8) is 0 Å². The molecule has 0 saturated carbocycles. The molecule has 0 spiro atoms. The van der Waals surface area contributed by atoms with Crippen molar-refractivity contribution < 1.29 is 14.6 Å². The predicted octanol–water partition coefficient (Wildman–Crippen LogP) is 2.83. The van der Waals surface area contributed by atoms with Gasteiger partial charge in [-0.25, -0.2) is 5.43 Å². The van der Waals surface area contributed by atoms with Crippen LogP contribution in [0.25, 0.3) is 0 Å². The Labute approximate surface area is 142 Å². The number of hydrogen-bond acceptors (Lipinski definition) is 4. The lowest BCUT2D eigenvalue weighted by molar-refractivity contribution is -0.123. The minimum absolute atomic E-state index is 0.102. The molecule has 0 bridgehead atoms. The van der Waals surface area contributed by atoms with Crippen LogP contribution in [0, 0.1) is 10.5 Å². The molecule has 6 heteroatoms. The molecule has 0 atom stereocenters. The van der Waals surface area contributed by atoms with Crippen molar-refractivity contribution in [1.29, 1.82) is 0 Å². The molecule has 5 nitrogen and oxygen atoms in total. The van der Waals surface area contributed by atoms with E-state index >= 15 is 0 Å². The van der Waals surface area contributed by atoms with Crippen molar-refractivity contribution in [2.75, 3.05) is 6.61 Å². The van der Waals surface area contributed by atoms with Gasteiger partial charge in [-0.05, 0) is 64.9 Å². The summed E-state index contributed by atoms with van der Waals surface area (Å²) in [4.78, 5) is 11.6. The Hall–Kier alpha value is -2.09. The summed E-state index contributed by atoms with van der Waals surface area (Å²) in [6, 6.07) is 12.5. The molecule has 2 rings (SSSR count). The van der Waals surface area contributed by atoms with Crippen LogP contribution in [-0.4, -0.2) is 23.8 Å². The van der Waals surface area contributed by atoms with E-state index in [9.17, 15) is 9.90 Å². The van der Waals surface area contributed by atoms with Gasteiger partial charge in [0.15, 0.2) is 6.61 Å². The molecule has 0 aliphatic carbocycles. The third-order valence-electron chi connectivity index (χ3n) is 2.83. The second-order valence-corrected chi connectivity index (χ2v) is 5.72. The Balaban J connectivity index is 1.83. The third-order valence-corrected chi connectivity index (χ3v) is 3.69. The Kier molecular flexibility index (Phi) is 5.76. The normalized spacial score (nSPS) is 10.6. The number of aryl methyl sites for hydroxylation is 1. The third kappa shape index (κ3) is 4.73. The van der Waals surface area contributed by atoms with Gasteiger partial charge in [0.05, 0.1) is 9.78 Å². The molecule has 0 aliphatic heterocycles. The Morgan fingerprint density at radius 3 is 2.86 bits per heavy atom. The summed E-state index contributed by atoms with van der Waals surface area (Å²) in [5.74, 6) is 0.552. The average molecular weight is 410 g/mol. The molecular weight excluding hydrogens is 395 g/mol. The fourth-order valence-electron chi connectivity index (χ4n) is 1.68. The first-order chi connectivity index (χ1) is 10.6. The maximum absolute atomic E-state index is 11.6. The molecule has 0 aliphatic rings. The number of amides is 1. The van der Waals surface area contributed by atoms with Crippen LogP contribution in [-0.2, 0) is 4.79 Å². The smallest absolute Gasteiger partial charge is 0.277 e. The molecule has 0 unspecified atom stereocenters. The number of hydrazone groups is 1. The summed E-state index contributed by atoms with van der Waals surface area (Å²) >= 11 is 2.02. The number of ether oxygens (including phenoxy) is 1. The molecule has 0 radical (unpaired) electrons. The highest BCUT2D eigenvalue weighted by molar-refractivity contribution is 14.1. The number of carbonyl (C=O) groups excluding carboxylic acids is 1. The molecule has 0 fully saturated rings. The zero-order chi connectivity index (χ0) is 15.9. The predicted molar refractivity (Wildman–Crippen MR) is 93.2 cm³/mol. The zero-order valence-electron chi connectivity index (χ0n) is 11.9. The fourth-order valence-corrected chi connectivity index (χ4v) is 2.22. The van der Waals surface area contributed by atoms with Gasteiger partial charge in [0.2, 0.25) is 0 Å². The standard InChI is InChI=1S/C16H15IN2O3/c1-11-4-2-3-5-15(11)22-10-16(21)19-18-9-12-6-7-14(20)13(17)8-12/h2-9,20H,10H2,1H3,(H,19,21)/b18-9+. The van der Waals surface area contributed by atoms with Crippen LogP contribution in [0.1, 0.15) is 11.1 Å². The van der Waals surface area contributed by atoms with Crippen LogP contribution in [0.15, 0.2) is 47.6 Å². The van der Waals surface area contributed by atoms with E-state index in [2.05, 4.69) is 10.5 Å². The van der Waals surface area contributed by atoms with Crippen molar-refractivity contribution in [3.8, 4) is 11.5 Å². The molecule has 0 aromatic heterocycles. The first-order valence-corrected chi connectivity index (χ1v) is 7.63. The van der Waals surface area contributed by atoms with Crippen LogP contribution >= 0.6 is 22.6 Å². The second-order valence-electron chi connectivity index (χ2n) is 4.56. The summed E-state index contributed by atoms with van der Waals surface area (Å²) in [5, 5.41) is 13.3. The van der Waals surface area contributed by atoms with Crippen LogP contribution in [0.5, 0.6) is 11.5 Å². The zero-order valence-corrected chi connectivity index (χ0v) is 14.1. The highest BCUT2D eigenvalue weighted by Gasteiger charge is 2.03. The maximum Gasteiger partial charge on any atom is 0.277 e. The lowest BCUT2D eigenvalue weighted by Gasteiger charge is -2.07. The quantitative estimate of drug-likeness (QED) is 0.453. The number of benzene rings is 2. The van der Waals surface area contributed by atoms with Gasteiger partial charge in [-0.1, -0.05) is 18.2 Å². The minimum atomic E-state index is -0.340. The number of phenolic OH excluding ortho intramolecular Hbond substituents is 1. The van der Waals surface area contributed by atoms with Crippen molar-refractivity contribution in [2.45, 2.75) is 6.92 Å². The molecule has 2 N–H and O–H groups in total. The molecule has 114 valence electrons. The number of halogens is 1. The highest BCUT2D eigenvalue weighted by Crippen LogP contribution is 2.19. The van der Waals surface area contributed by atoms with Gasteiger partial charge in [0, 0.05) is 0 Å². The Bertz CT molecular complexity index is 702. The van der Waals surface area contributed by atoms with E-state index < -0.39 is 0 Å². The Morgan fingerprint density at radius 1 is 1.36 bits per heavy atom. The van der Waals surface area contributed by atoms with Gasteiger partial charge >= 0.3 is 0 Å². The number of hydrogen-bond donors (Lipinski definition) is 2. The first kappa shape index (κ1) is 16.3. The van der Waals surface area contributed by atoms with E-state index in [0.717, 1.165) is 14.7 Å². The van der Waals surface area contributed by atoms with Crippen molar-refractivity contribution in [3.05, 3.63) is 57.2 Å². The lowest BCUT2D eigenvalue weighted by atomic mass is 10.2. The van der Waals surface area contributed by atoms with Gasteiger partial charge in [-0.3, -0.25) is 4.79 Å². The molecule has 1 amide bonds. The first-order valence-electron chi connectivity index (χ1n) is 6.55. The number of aromatic hydroxyl groups is 1. The Morgan fingerprint density at radius 2 is 2.14 bits per heavy atom. The summed E-state index contributed by atoms with van der Waals surface area (Å²) in [6.07, 6.45) is 1.51. The van der Waals surface area contributed by atoms with Gasteiger partial charge in [0.1, 0.15) is 11.5 Å². The summed E-state index contributed by atoms with van der Waals surface area (Å²) in [5.41, 5.74) is 4.15. The number of nitrogens with zero attached hydrogens (tertiary/aromatic N) is 1. The van der Waals surface area contributed by atoms with Gasteiger partial charge < -0.3 is 9.84 Å². The van der Waals surface area contributed by atoms with Crippen LogP contribution < -0.4 is 10.2 Å². The van der Waals surface area contributed by atoms with Crippen molar-refractivity contribution in [1.82, 2.24) is 5.43 Å². The molecule has 22 heavy (non-hydrogen) atoms. The number of carbonyl (C=O) groups is 1. The summed E-state index contributed by atoms with van der Waals surface area (Å²) in [7, 11) is 0. The topological polar surface area (TPSA) is 70.9 Å². The van der Waals surface area contributed by atoms with E-state index in [1.165, 1.54) is 6.21 Å². The minimum Gasteiger partial charge on any atom is -0.507 e. The van der Waals surface area contributed by atoms with Crippen molar-refractivity contribution in [2.24, 2.45) is 5.10 Å². The van der Waals surface area contributed by atoms with Gasteiger partial charge in [-0.2, -0.15) is 5.10 Å². The van der Waals surface area contributed by atoms with Gasteiger partial charge in [0.25, 0.3) is 5.91 Å². The van der Waals surface area contributed by atoms with E-state index in [4.69, 9.17) is 4.74 Å². The number of phenols is 1. The SMILES string of the molecule is Cc1ccccc1OCC(=O)N/N=C/c1ccc(O)c(I)c1. The van der Waals surface area contributed by atoms with Crippen LogP contribution in [0.3, 0.4) is 0 Å². The number of para-hydroxylation sites is 1. The van der Waals surface area contributed by atoms with E-state index in [0.29, 0.717) is 5.75 Å². The molecule has 2 aromatic carbocycles.